The highest BCUT2D eigenvalue weighted by atomic mass is 19.4. The molecule has 1 heterocycles. The molecule has 0 spiro atoms. The fourth-order valence-electron chi connectivity index (χ4n) is 2.74. The number of methoxy groups -OCH3 is 1. The van der Waals surface area contributed by atoms with Crippen LogP contribution in [0.15, 0.2) is 18.2 Å². The van der Waals surface area contributed by atoms with Gasteiger partial charge in [0.1, 0.15) is 12.4 Å². The first-order valence-corrected chi connectivity index (χ1v) is 8.28. The number of halogens is 3. The zero-order chi connectivity index (χ0) is 20.0. The lowest BCUT2D eigenvalue weighted by molar-refractivity contribution is -0.141. The molecule has 2 N–H and O–H groups in total. The molecule has 1 unspecified atom stereocenters. The maximum Gasteiger partial charge on any atom is 0.416 e. The van der Waals surface area contributed by atoms with Crippen molar-refractivity contribution in [2.75, 3.05) is 45.3 Å². The minimum Gasteiger partial charge on any atom is -0.489 e. The van der Waals surface area contributed by atoms with Gasteiger partial charge in [-0.05, 0) is 31.2 Å². The van der Waals surface area contributed by atoms with E-state index in [-0.39, 0.29) is 37.7 Å². The average molecular weight is 390 g/mol. The molecule has 1 aliphatic heterocycles. The van der Waals surface area contributed by atoms with Crippen molar-refractivity contribution in [2.45, 2.75) is 12.6 Å². The minimum absolute atomic E-state index is 0.0956. The van der Waals surface area contributed by atoms with Gasteiger partial charge in [-0.25, -0.2) is 0 Å². The van der Waals surface area contributed by atoms with E-state index in [2.05, 4.69) is 5.32 Å². The Labute approximate surface area is 154 Å². The molecule has 2 rings (SSSR count). The van der Waals surface area contributed by atoms with Crippen LogP contribution < -0.4 is 10.1 Å². The zero-order valence-electron chi connectivity index (χ0n) is 14.7. The molecule has 0 aromatic heterocycles. The Morgan fingerprint density at radius 2 is 2.07 bits per heavy atom. The van der Waals surface area contributed by atoms with E-state index in [4.69, 9.17) is 14.6 Å². The number of nitrogens with zero attached hydrogens (tertiary/aromatic N) is 1. The second-order valence-corrected chi connectivity index (χ2v) is 6.16. The van der Waals surface area contributed by atoms with Crippen LogP contribution in [0.25, 0.3) is 0 Å². The first-order chi connectivity index (χ1) is 12.7. The van der Waals surface area contributed by atoms with Crippen LogP contribution in [0.4, 0.5) is 18.9 Å². The van der Waals surface area contributed by atoms with E-state index in [9.17, 15) is 22.8 Å². The molecule has 1 saturated heterocycles. The lowest BCUT2D eigenvalue weighted by Gasteiger charge is -2.18. The monoisotopic (exact) mass is 390 g/mol. The van der Waals surface area contributed by atoms with E-state index >= 15 is 0 Å². The smallest absolute Gasteiger partial charge is 0.416 e. The molecule has 1 aromatic carbocycles. The van der Waals surface area contributed by atoms with Crippen molar-refractivity contribution in [1.29, 1.82) is 0 Å². The van der Waals surface area contributed by atoms with Crippen molar-refractivity contribution in [2.24, 2.45) is 5.92 Å². The Kier molecular flexibility index (Phi) is 7.03. The maximum absolute atomic E-state index is 13.0. The van der Waals surface area contributed by atoms with Crippen LogP contribution in [-0.2, 0) is 20.5 Å². The summed E-state index contributed by atoms with van der Waals surface area (Å²) in [5.74, 6) is -1.92. The fraction of sp³-hybridized carbons (Fsp3) is 0.529. The van der Waals surface area contributed by atoms with Crippen molar-refractivity contribution >= 4 is 17.6 Å². The van der Waals surface area contributed by atoms with Crippen LogP contribution >= 0.6 is 0 Å². The number of carbonyl (C=O) groups excluding carboxylic acids is 1. The molecule has 1 aromatic rings. The molecule has 10 heteroatoms. The van der Waals surface area contributed by atoms with Crippen molar-refractivity contribution in [3.8, 4) is 5.75 Å². The number of hydrogen-bond acceptors (Lipinski definition) is 5. The third-order valence-electron chi connectivity index (χ3n) is 4.11. The van der Waals surface area contributed by atoms with Crippen molar-refractivity contribution in [3.05, 3.63) is 23.8 Å². The number of alkyl halides is 3. The molecule has 27 heavy (non-hydrogen) atoms. The minimum atomic E-state index is -4.56. The number of nitrogens with one attached hydrogen (secondary N) is 1. The summed E-state index contributed by atoms with van der Waals surface area (Å²) in [7, 11) is 1.46. The SMILES string of the molecule is COCCOc1ccc(C(F)(F)F)cc1NC(=O)CN1CCC(C(=O)O)C1. The summed E-state index contributed by atoms with van der Waals surface area (Å²) in [4.78, 5) is 24.8. The van der Waals surface area contributed by atoms with E-state index in [1.54, 1.807) is 4.90 Å². The summed E-state index contributed by atoms with van der Waals surface area (Å²) >= 11 is 0. The summed E-state index contributed by atoms with van der Waals surface area (Å²) < 4.78 is 49.1. The topological polar surface area (TPSA) is 88.1 Å². The molecule has 7 nitrogen and oxygen atoms in total. The Morgan fingerprint density at radius 1 is 1.33 bits per heavy atom. The number of rotatable bonds is 8. The lowest BCUT2D eigenvalue weighted by atomic mass is 10.1. The van der Waals surface area contributed by atoms with Gasteiger partial charge in [0, 0.05) is 13.7 Å². The number of carboxylic acids is 1. The van der Waals surface area contributed by atoms with E-state index in [1.807, 2.05) is 0 Å². The van der Waals surface area contributed by atoms with Gasteiger partial charge in [-0.1, -0.05) is 0 Å². The van der Waals surface area contributed by atoms with Gasteiger partial charge < -0.3 is 19.9 Å². The number of carbonyl (C=O) groups is 2. The lowest BCUT2D eigenvalue weighted by Crippen LogP contribution is -2.32. The zero-order valence-corrected chi connectivity index (χ0v) is 14.7. The Morgan fingerprint density at radius 3 is 2.67 bits per heavy atom. The van der Waals surface area contributed by atoms with Gasteiger partial charge in [0.25, 0.3) is 0 Å². The number of anilines is 1. The van der Waals surface area contributed by atoms with Crippen LogP contribution in [-0.4, -0.2) is 61.8 Å². The summed E-state index contributed by atoms with van der Waals surface area (Å²) in [6.07, 6.45) is -4.13. The molecular formula is C17H21F3N2O5. The molecule has 1 atom stereocenters. The number of likely N-dealkylation sites (tertiary alicyclic amines) is 1. The predicted octanol–water partition coefficient (Wildman–Crippen LogP) is 2.08. The highest BCUT2D eigenvalue weighted by molar-refractivity contribution is 5.94. The highest BCUT2D eigenvalue weighted by Crippen LogP contribution is 2.35. The number of benzene rings is 1. The third kappa shape index (κ3) is 6.10. The third-order valence-corrected chi connectivity index (χ3v) is 4.11. The Bertz CT molecular complexity index is 681. The molecule has 150 valence electrons. The largest absolute Gasteiger partial charge is 0.489 e. The summed E-state index contributed by atoms with van der Waals surface area (Å²) in [6, 6.07) is 2.82. The summed E-state index contributed by atoms with van der Waals surface area (Å²) in [5, 5.41) is 11.4. The highest BCUT2D eigenvalue weighted by Gasteiger charge is 2.32. The second kappa shape index (κ2) is 9.05. The van der Waals surface area contributed by atoms with Crippen LogP contribution in [0.5, 0.6) is 5.75 Å². The van der Waals surface area contributed by atoms with Gasteiger partial charge in [-0.15, -0.1) is 0 Å². The molecule has 1 amide bonds. The summed E-state index contributed by atoms with van der Waals surface area (Å²) in [6.45, 7) is 0.889. The molecule has 0 bridgehead atoms. The predicted molar refractivity (Wildman–Crippen MR) is 89.6 cm³/mol. The van der Waals surface area contributed by atoms with Gasteiger partial charge in [-0.3, -0.25) is 14.5 Å². The number of aliphatic carboxylic acids is 1. The molecular weight excluding hydrogens is 369 g/mol. The quantitative estimate of drug-likeness (QED) is 0.661. The van der Waals surface area contributed by atoms with Gasteiger partial charge in [0.15, 0.2) is 0 Å². The number of carboxylic acid groups (broad SMARTS) is 1. The normalized spacial score (nSPS) is 17.7. The van der Waals surface area contributed by atoms with Crippen molar-refractivity contribution < 1.29 is 37.3 Å². The molecule has 0 aliphatic carbocycles. The second-order valence-electron chi connectivity index (χ2n) is 6.16. The maximum atomic E-state index is 13.0. The van der Waals surface area contributed by atoms with Gasteiger partial charge in [-0.2, -0.15) is 13.2 Å². The average Bonchev–Trinajstić information content (AvgIpc) is 3.04. The number of hydrogen-bond donors (Lipinski definition) is 2. The van der Waals surface area contributed by atoms with Crippen LogP contribution in [0.3, 0.4) is 0 Å². The van der Waals surface area contributed by atoms with Gasteiger partial charge >= 0.3 is 12.1 Å². The Balaban J connectivity index is 2.07. The van der Waals surface area contributed by atoms with Gasteiger partial charge in [0.2, 0.25) is 5.91 Å². The standard InChI is InChI=1S/C17H21F3N2O5/c1-26-6-7-27-14-3-2-12(17(18,19)20)8-13(14)21-15(23)10-22-5-4-11(9-22)16(24)25/h2-3,8,11H,4-7,9-10H2,1H3,(H,21,23)(H,24,25). The van der Waals surface area contributed by atoms with E-state index in [0.717, 1.165) is 18.2 Å². The van der Waals surface area contributed by atoms with Crippen LogP contribution in [0.1, 0.15) is 12.0 Å². The molecule has 0 saturated carbocycles. The number of ether oxygens (including phenoxy) is 2. The Hall–Kier alpha value is -2.33. The first kappa shape index (κ1) is 21.0. The van der Waals surface area contributed by atoms with Crippen molar-refractivity contribution in [3.63, 3.8) is 0 Å². The van der Waals surface area contributed by atoms with Crippen LogP contribution in [0, 0.1) is 5.92 Å². The summed E-state index contributed by atoms with van der Waals surface area (Å²) in [5.41, 5.74) is -1.01. The van der Waals surface area contributed by atoms with E-state index in [0.29, 0.717) is 13.0 Å². The van der Waals surface area contributed by atoms with E-state index in [1.165, 1.54) is 7.11 Å². The molecule has 1 aliphatic rings. The van der Waals surface area contributed by atoms with E-state index < -0.39 is 29.5 Å². The van der Waals surface area contributed by atoms with Crippen molar-refractivity contribution in [1.82, 2.24) is 4.90 Å². The number of amides is 1. The molecule has 1 fully saturated rings. The first-order valence-electron chi connectivity index (χ1n) is 8.28. The molecule has 0 radical (unpaired) electrons. The van der Waals surface area contributed by atoms with Crippen LogP contribution in [0.2, 0.25) is 0 Å². The fourth-order valence-corrected chi connectivity index (χ4v) is 2.74. The van der Waals surface area contributed by atoms with Gasteiger partial charge in [0.05, 0.1) is 30.3 Å².